The van der Waals surface area contributed by atoms with Gasteiger partial charge in [0.1, 0.15) is 11.9 Å². The third kappa shape index (κ3) is 6.08. The van der Waals surface area contributed by atoms with Gasteiger partial charge < -0.3 is 15.0 Å². The summed E-state index contributed by atoms with van der Waals surface area (Å²) >= 11 is 5.27. The lowest BCUT2D eigenvalue weighted by Gasteiger charge is -2.36. The third-order valence-electron chi connectivity index (χ3n) is 4.79. The largest absolute Gasteiger partial charge is 0.465 e. The van der Waals surface area contributed by atoms with Crippen molar-refractivity contribution in [2.24, 2.45) is 0 Å². The van der Waals surface area contributed by atoms with Crippen molar-refractivity contribution >= 4 is 35.1 Å². The number of nitrogens with one attached hydrogen (secondary N) is 2. The molecule has 162 valence electrons. The van der Waals surface area contributed by atoms with E-state index < -0.39 is 29.6 Å². The van der Waals surface area contributed by atoms with Crippen LogP contribution in [0.25, 0.3) is 0 Å². The van der Waals surface area contributed by atoms with Gasteiger partial charge in [0.15, 0.2) is 5.11 Å². The van der Waals surface area contributed by atoms with Crippen molar-refractivity contribution < 1.29 is 23.5 Å². The Morgan fingerprint density at radius 2 is 1.87 bits per heavy atom. The second-order valence-corrected chi connectivity index (χ2v) is 7.29. The second-order valence-electron chi connectivity index (χ2n) is 6.90. The van der Waals surface area contributed by atoms with Gasteiger partial charge in [-0.2, -0.15) is 0 Å². The minimum Gasteiger partial charge on any atom is -0.465 e. The van der Waals surface area contributed by atoms with Crippen LogP contribution in [0.15, 0.2) is 54.6 Å². The fourth-order valence-corrected chi connectivity index (χ4v) is 3.50. The first kappa shape index (κ1) is 22.4. The molecule has 0 saturated carbocycles. The predicted octanol–water partition coefficient (Wildman–Crippen LogP) is 1.82. The molecule has 2 N–H and O–H groups in total. The number of carbonyl (C=O) groups is 3. The molecule has 1 aliphatic heterocycles. The minimum atomic E-state index is -0.925. The van der Waals surface area contributed by atoms with Crippen LogP contribution in [0.4, 0.5) is 4.39 Å². The number of piperazine rings is 1. The Labute approximate surface area is 184 Å². The van der Waals surface area contributed by atoms with E-state index in [1.807, 2.05) is 30.3 Å². The maximum atomic E-state index is 13.8. The quantitative estimate of drug-likeness (QED) is 0.523. The standard InChI is InChI=1S/C22H22FN3O4S/c23-17-9-5-4-8-16(17)20(28)25-22(31)26-12-11-24-21(29)18(26)14-19(27)30-13-10-15-6-2-1-3-7-15/h1-9,18H,10-14H2,(H,24,29)(H,25,28,31). The topological polar surface area (TPSA) is 87.7 Å². The molecule has 0 bridgehead atoms. The molecule has 9 heteroatoms. The number of hydrogen-bond acceptors (Lipinski definition) is 5. The summed E-state index contributed by atoms with van der Waals surface area (Å²) < 4.78 is 19.1. The first-order valence-corrected chi connectivity index (χ1v) is 10.2. The Balaban J connectivity index is 1.58. The monoisotopic (exact) mass is 443 g/mol. The van der Waals surface area contributed by atoms with Gasteiger partial charge in [0.25, 0.3) is 5.91 Å². The lowest BCUT2D eigenvalue weighted by Crippen LogP contribution is -2.60. The highest BCUT2D eigenvalue weighted by atomic mass is 32.1. The Morgan fingerprint density at radius 3 is 2.61 bits per heavy atom. The normalized spacial score (nSPS) is 15.7. The summed E-state index contributed by atoms with van der Waals surface area (Å²) in [6.07, 6.45) is 0.334. The van der Waals surface area contributed by atoms with E-state index in [1.54, 1.807) is 0 Å². The molecule has 2 amide bonds. The van der Waals surface area contributed by atoms with Crippen molar-refractivity contribution in [3.05, 3.63) is 71.5 Å². The summed E-state index contributed by atoms with van der Waals surface area (Å²) in [6, 6.07) is 14.1. The van der Waals surface area contributed by atoms with Gasteiger partial charge in [0.2, 0.25) is 5.91 Å². The van der Waals surface area contributed by atoms with E-state index >= 15 is 0 Å². The molecule has 2 aromatic rings. The first-order valence-electron chi connectivity index (χ1n) is 9.79. The molecule has 1 unspecified atom stereocenters. The number of benzene rings is 2. The fraction of sp³-hybridized carbons (Fsp3) is 0.273. The van der Waals surface area contributed by atoms with Crippen LogP contribution in [0.5, 0.6) is 0 Å². The number of hydrogen-bond donors (Lipinski definition) is 2. The maximum absolute atomic E-state index is 13.8. The molecule has 0 spiro atoms. The van der Waals surface area contributed by atoms with Crippen LogP contribution in [0.1, 0.15) is 22.3 Å². The molecule has 7 nitrogen and oxygen atoms in total. The zero-order chi connectivity index (χ0) is 22.2. The van der Waals surface area contributed by atoms with E-state index in [-0.39, 0.29) is 23.7 Å². The van der Waals surface area contributed by atoms with Crippen LogP contribution >= 0.6 is 12.2 Å². The number of amides is 2. The molecule has 3 rings (SSSR count). The number of thiocarbonyl (C=S) groups is 1. The molecule has 1 fully saturated rings. The summed E-state index contributed by atoms with van der Waals surface area (Å²) in [6.45, 7) is 0.782. The number of rotatable bonds is 6. The van der Waals surface area contributed by atoms with Crippen LogP contribution in [0, 0.1) is 5.82 Å². The van der Waals surface area contributed by atoms with Crippen LogP contribution < -0.4 is 10.6 Å². The molecule has 0 aliphatic carbocycles. The van der Waals surface area contributed by atoms with E-state index in [1.165, 1.54) is 29.2 Å². The number of nitrogens with zero attached hydrogens (tertiary/aromatic N) is 1. The van der Waals surface area contributed by atoms with Gasteiger partial charge in [-0.1, -0.05) is 42.5 Å². The molecule has 0 radical (unpaired) electrons. The van der Waals surface area contributed by atoms with Gasteiger partial charge in [-0.15, -0.1) is 0 Å². The Hall–Kier alpha value is -3.33. The van der Waals surface area contributed by atoms with E-state index in [2.05, 4.69) is 10.6 Å². The fourth-order valence-electron chi connectivity index (χ4n) is 3.19. The Morgan fingerprint density at radius 1 is 1.16 bits per heavy atom. The molecule has 1 aliphatic rings. The van der Waals surface area contributed by atoms with E-state index in [9.17, 15) is 18.8 Å². The zero-order valence-corrected chi connectivity index (χ0v) is 17.5. The van der Waals surface area contributed by atoms with Crippen LogP contribution in [-0.4, -0.2) is 53.5 Å². The number of halogens is 1. The maximum Gasteiger partial charge on any atom is 0.308 e. The number of ether oxygens (including phenoxy) is 1. The van der Waals surface area contributed by atoms with Crippen molar-refractivity contribution in [3.8, 4) is 0 Å². The van der Waals surface area contributed by atoms with Crippen LogP contribution in [0.2, 0.25) is 0 Å². The molecule has 2 aromatic carbocycles. The highest BCUT2D eigenvalue weighted by Gasteiger charge is 2.34. The van der Waals surface area contributed by atoms with Crippen molar-refractivity contribution in [1.29, 1.82) is 0 Å². The zero-order valence-electron chi connectivity index (χ0n) is 16.7. The molecule has 0 aromatic heterocycles. The lowest BCUT2D eigenvalue weighted by atomic mass is 10.1. The van der Waals surface area contributed by atoms with Gasteiger partial charge in [-0.25, -0.2) is 4.39 Å². The third-order valence-corrected chi connectivity index (χ3v) is 5.12. The van der Waals surface area contributed by atoms with Crippen molar-refractivity contribution in [3.63, 3.8) is 0 Å². The van der Waals surface area contributed by atoms with Crippen molar-refractivity contribution in [1.82, 2.24) is 15.5 Å². The SMILES string of the molecule is O=C(CC1C(=O)NCCN1C(=S)NC(=O)c1ccccc1F)OCCc1ccccc1. The molecule has 1 atom stereocenters. The summed E-state index contributed by atoms with van der Waals surface area (Å²) in [4.78, 5) is 38.4. The van der Waals surface area contributed by atoms with E-state index in [4.69, 9.17) is 17.0 Å². The Bertz CT molecular complexity index is 970. The smallest absolute Gasteiger partial charge is 0.308 e. The predicted molar refractivity (Wildman–Crippen MR) is 116 cm³/mol. The molecular formula is C22H22FN3O4S. The van der Waals surface area contributed by atoms with Crippen LogP contribution in [-0.2, 0) is 20.7 Å². The molecule has 31 heavy (non-hydrogen) atoms. The van der Waals surface area contributed by atoms with E-state index in [0.29, 0.717) is 19.5 Å². The van der Waals surface area contributed by atoms with Crippen molar-refractivity contribution in [2.45, 2.75) is 18.9 Å². The lowest BCUT2D eigenvalue weighted by molar-refractivity contribution is -0.147. The van der Waals surface area contributed by atoms with Crippen LogP contribution in [0.3, 0.4) is 0 Å². The summed E-state index contributed by atoms with van der Waals surface area (Å²) in [5.41, 5.74) is 0.868. The van der Waals surface area contributed by atoms with E-state index in [0.717, 1.165) is 5.56 Å². The summed E-state index contributed by atoms with van der Waals surface area (Å²) in [5.74, 6) is -2.35. The van der Waals surface area contributed by atoms with Gasteiger partial charge in [-0.05, 0) is 29.9 Å². The molecule has 1 heterocycles. The Kier molecular flexibility index (Phi) is 7.66. The molecular weight excluding hydrogens is 421 g/mol. The van der Waals surface area contributed by atoms with Gasteiger partial charge >= 0.3 is 5.97 Å². The minimum absolute atomic E-state index is 0.0508. The second kappa shape index (κ2) is 10.6. The highest BCUT2D eigenvalue weighted by molar-refractivity contribution is 7.80. The summed E-state index contributed by atoms with van der Waals surface area (Å²) in [5, 5.41) is 5.07. The molecule has 1 saturated heterocycles. The van der Waals surface area contributed by atoms with Gasteiger partial charge in [0, 0.05) is 19.5 Å². The summed E-state index contributed by atoms with van der Waals surface area (Å²) in [7, 11) is 0. The number of esters is 1. The van der Waals surface area contributed by atoms with Crippen molar-refractivity contribution in [2.75, 3.05) is 19.7 Å². The highest BCUT2D eigenvalue weighted by Crippen LogP contribution is 2.12. The first-order chi connectivity index (χ1) is 15.0. The average Bonchev–Trinajstić information content (AvgIpc) is 2.76. The number of carbonyl (C=O) groups excluding carboxylic acids is 3. The van der Waals surface area contributed by atoms with Gasteiger partial charge in [0.05, 0.1) is 18.6 Å². The van der Waals surface area contributed by atoms with Gasteiger partial charge in [-0.3, -0.25) is 19.7 Å². The average molecular weight is 444 g/mol.